The highest BCUT2D eigenvalue weighted by Crippen LogP contribution is 2.30. The Bertz CT molecular complexity index is 1130. The van der Waals surface area contributed by atoms with E-state index in [4.69, 9.17) is 0 Å². The Balaban J connectivity index is 2.05. The largest absolute Gasteiger partial charge is 0.332 e. The molecule has 0 aromatic carbocycles. The number of pyridine rings is 1. The Morgan fingerprint density at radius 3 is 2.64 bits per heavy atom. The van der Waals surface area contributed by atoms with Gasteiger partial charge in [-0.2, -0.15) is 0 Å². The van der Waals surface area contributed by atoms with E-state index in [1.54, 1.807) is 24.8 Å². The van der Waals surface area contributed by atoms with E-state index < -0.39 is 11.2 Å². The number of carbonyl (C=O) groups is 1. The van der Waals surface area contributed by atoms with Gasteiger partial charge in [-0.05, 0) is 17.9 Å². The van der Waals surface area contributed by atoms with E-state index in [1.807, 2.05) is 0 Å². The Labute approximate surface area is 169 Å². The van der Waals surface area contributed by atoms with Gasteiger partial charge in [0.1, 0.15) is 5.65 Å². The Morgan fingerprint density at radius 1 is 1.25 bits per heavy atom. The summed E-state index contributed by atoms with van der Waals surface area (Å²) in [6.45, 7) is 4.15. The van der Waals surface area contributed by atoms with Gasteiger partial charge in [-0.1, -0.05) is 13.8 Å². The van der Waals surface area contributed by atoms with E-state index in [2.05, 4.69) is 29.1 Å². The minimum atomic E-state index is -0.431. The van der Waals surface area contributed by atoms with Crippen molar-refractivity contribution in [1.29, 1.82) is 0 Å². The molecule has 28 heavy (non-hydrogen) atoms. The molecule has 1 N–H and O–H groups in total. The van der Waals surface area contributed by atoms with Crippen LogP contribution in [0.4, 0.5) is 5.13 Å². The van der Waals surface area contributed by atoms with Crippen molar-refractivity contribution in [3.05, 3.63) is 44.2 Å². The van der Waals surface area contributed by atoms with Gasteiger partial charge < -0.3 is 5.32 Å². The quantitative estimate of drug-likeness (QED) is 0.614. The highest BCUT2D eigenvalue weighted by Gasteiger charge is 2.19. The molecule has 0 aliphatic rings. The van der Waals surface area contributed by atoms with Crippen LogP contribution in [-0.2, 0) is 25.3 Å². The van der Waals surface area contributed by atoms with Crippen LogP contribution in [0.2, 0.25) is 0 Å². The average molecular weight is 420 g/mol. The van der Waals surface area contributed by atoms with E-state index in [0.29, 0.717) is 33.4 Å². The van der Waals surface area contributed by atoms with Crippen LogP contribution in [0.5, 0.6) is 0 Å². The summed E-state index contributed by atoms with van der Waals surface area (Å²) in [6, 6.07) is 0. The Hall–Kier alpha value is -2.46. The summed E-state index contributed by atoms with van der Waals surface area (Å²) in [7, 11) is 3.03. The SMILES string of the molecule is CC(C)Cc1cnc2c(c1SCC(=O)Nc1nccs1)c(=O)n(C)c(=O)n2C. The second-order valence-electron chi connectivity index (χ2n) is 6.79. The molecule has 0 saturated heterocycles. The molecule has 3 aromatic rings. The summed E-state index contributed by atoms with van der Waals surface area (Å²) in [5, 5.41) is 5.43. The number of carbonyl (C=O) groups excluding carboxylic acids is 1. The maximum atomic E-state index is 12.8. The number of aryl methyl sites for hydroxylation is 1. The van der Waals surface area contributed by atoms with Crippen LogP contribution < -0.4 is 16.6 Å². The number of hydrogen-bond acceptors (Lipinski definition) is 7. The zero-order chi connectivity index (χ0) is 20.4. The first-order valence-corrected chi connectivity index (χ1v) is 10.6. The lowest BCUT2D eigenvalue weighted by atomic mass is 10.0. The van der Waals surface area contributed by atoms with Gasteiger partial charge in [-0.25, -0.2) is 14.8 Å². The topological polar surface area (TPSA) is 98.9 Å². The van der Waals surface area contributed by atoms with Crippen LogP contribution in [0.3, 0.4) is 0 Å². The van der Waals surface area contributed by atoms with Gasteiger partial charge in [-0.15, -0.1) is 23.1 Å². The Morgan fingerprint density at radius 2 is 2.00 bits per heavy atom. The third-order valence-corrected chi connectivity index (χ3v) is 6.00. The molecule has 1 amide bonds. The fraction of sp³-hybridized carbons (Fsp3) is 0.389. The van der Waals surface area contributed by atoms with Gasteiger partial charge >= 0.3 is 5.69 Å². The fourth-order valence-electron chi connectivity index (χ4n) is 2.87. The molecule has 0 radical (unpaired) electrons. The smallest absolute Gasteiger partial charge is 0.301 e. The molecule has 3 aromatic heterocycles. The zero-order valence-corrected chi connectivity index (χ0v) is 17.7. The van der Waals surface area contributed by atoms with Crippen LogP contribution in [0.25, 0.3) is 11.0 Å². The monoisotopic (exact) mass is 419 g/mol. The standard InChI is InChI=1S/C18H21N5O3S2/c1-10(2)7-11-8-20-15-13(16(25)23(4)18(26)22(15)3)14(11)28-9-12(24)21-17-19-5-6-27-17/h5-6,8,10H,7,9H2,1-4H3,(H,19,21,24). The average Bonchev–Trinajstić information content (AvgIpc) is 3.15. The maximum Gasteiger partial charge on any atom is 0.332 e. The van der Waals surface area contributed by atoms with Gasteiger partial charge in [0, 0.05) is 36.8 Å². The highest BCUT2D eigenvalue weighted by atomic mass is 32.2. The molecule has 0 fully saturated rings. The van der Waals surface area contributed by atoms with E-state index in [9.17, 15) is 14.4 Å². The van der Waals surface area contributed by atoms with Crippen molar-refractivity contribution in [1.82, 2.24) is 19.1 Å². The van der Waals surface area contributed by atoms with Gasteiger partial charge in [0.05, 0.1) is 11.1 Å². The van der Waals surface area contributed by atoms with Gasteiger partial charge in [0.15, 0.2) is 5.13 Å². The van der Waals surface area contributed by atoms with E-state index in [0.717, 1.165) is 10.1 Å². The summed E-state index contributed by atoms with van der Waals surface area (Å²) < 4.78 is 2.43. The minimum absolute atomic E-state index is 0.121. The van der Waals surface area contributed by atoms with Crippen LogP contribution in [0.15, 0.2) is 32.3 Å². The lowest BCUT2D eigenvalue weighted by Crippen LogP contribution is -2.37. The molecule has 0 bridgehead atoms. The van der Waals surface area contributed by atoms with Crippen molar-refractivity contribution in [2.75, 3.05) is 11.1 Å². The number of thioether (sulfide) groups is 1. The molecule has 3 heterocycles. The van der Waals surface area contributed by atoms with Crippen molar-refractivity contribution < 1.29 is 4.79 Å². The van der Waals surface area contributed by atoms with E-state index in [-0.39, 0.29) is 11.7 Å². The lowest BCUT2D eigenvalue weighted by Gasteiger charge is -2.15. The second-order valence-corrected chi connectivity index (χ2v) is 8.67. The molecule has 0 unspecified atom stereocenters. The van der Waals surface area contributed by atoms with Crippen molar-refractivity contribution in [2.24, 2.45) is 20.0 Å². The molecule has 148 valence electrons. The zero-order valence-electron chi connectivity index (χ0n) is 16.1. The van der Waals surface area contributed by atoms with E-state index in [1.165, 1.54) is 34.7 Å². The Kier molecular flexibility index (Phi) is 5.99. The number of aromatic nitrogens is 4. The summed E-state index contributed by atoms with van der Waals surface area (Å²) in [5.41, 5.74) is 0.381. The minimum Gasteiger partial charge on any atom is -0.301 e. The van der Waals surface area contributed by atoms with Gasteiger partial charge in [-0.3, -0.25) is 18.7 Å². The van der Waals surface area contributed by atoms with Crippen molar-refractivity contribution >= 4 is 45.2 Å². The van der Waals surface area contributed by atoms with E-state index >= 15 is 0 Å². The molecule has 3 rings (SSSR count). The van der Waals surface area contributed by atoms with Crippen molar-refractivity contribution in [2.45, 2.75) is 25.2 Å². The molecule has 0 spiro atoms. The molecule has 8 nitrogen and oxygen atoms in total. The number of anilines is 1. The first-order chi connectivity index (χ1) is 13.3. The molecular weight excluding hydrogens is 398 g/mol. The predicted octanol–water partition coefficient (Wildman–Crippen LogP) is 2.02. The van der Waals surface area contributed by atoms with Crippen LogP contribution in [0, 0.1) is 5.92 Å². The number of nitrogens with zero attached hydrogens (tertiary/aromatic N) is 4. The first-order valence-electron chi connectivity index (χ1n) is 8.69. The number of amides is 1. The number of fused-ring (bicyclic) bond motifs is 1. The van der Waals surface area contributed by atoms with Crippen LogP contribution in [0.1, 0.15) is 19.4 Å². The third-order valence-electron chi connectivity index (χ3n) is 4.15. The molecular formula is C18H21N5O3S2. The highest BCUT2D eigenvalue weighted by molar-refractivity contribution is 8.00. The second kappa shape index (κ2) is 8.27. The molecule has 10 heteroatoms. The molecule has 0 aliphatic heterocycles. The number of rotatable bonds is 6. The van der Waals surface area contributed by atoms with Crippen LogP contribution >= 0.6 is 23.1 Å². The predicted molar refractivity (Wildman–Crippen MR) is 112 cm³/mol. The van der Waals surface area contributed by atoms with Crippen molar-refractivity contribution in [3.63, 3.8) is 0 Å². The number of thiazole rings is 1. The normalized spacial score (nSPS) is 11.3. The summed E-state index contributed by atoms with van der Waals surface area (Å²) in [5.74, 6) is 0.261. The molecule has 0 aliphatic carbocycles. The number of hydrogen-bond donors (Lipinski definition) is 1. The van der Waals surface area contributed by atoms with Gasteiger partial charge in [0.2, 0.25) is 5.91 Å². The van der Waals surface area contributed by atoms with Crippen LogP contribution in [-0.4, -0.2) is 30.8 Å². The lowest BCUT2D eigenvalue weighted by molar-refractivity contribution is -0.113. The summed E-state index contributed by atoms with van der Waals surface area (Å²) in [4.78, 5) is 46.5. The first kappa shape index (κ1) is 20.3. The van der Waals surface area contributed by atoms with Crippen molar-refractivity contribution in [3.8, 4) is 0 Å². The van der Waals surface area contributed by atoms with Gasteiger partial charge in [0.25, 0.3) is 5.56 Å². The maximum absolute atomic E-state index is 12.8. The summed E-state index contributed by atoms with van der Waals surface area (Å²) >= 11 is 2.62. The fourth-order valence-corrected chi connectivity index (χ4v) is 4.41. The third kappa shape index (κ3) is 4.02. The summed E-state index contributed by atoms with van der Waals surface area (Å²) in [6.07, 6.45) is 4.03. The molecule has 0 atom stereocenters. The molecule has 0 saturated carbocycles. The number of nitrogens with one attached hydrogen (secondary N) is 1.